The van der Waals surface area contributed by atoms with E-state index in [-0.39, 0.29) is 11.9 Å². The molecule has 0 aromatic heterocycles. The summed E-state index contributed by atoms with van der Waals surface area (Å²) in [5.74, 6) is -0.0267. The lowest BCUT2D eigenvalue weighted by atomic mass is 9.91. The molecule has 3 aromatic carbocycles. The first-order valence-electron chi connectivity index (χ1n) is 7.36. The third kappa shape index (κ3) is 2.73. The molecule has 3 aromatic rings. The number of hydrogen-bond acceptors (Lipinski definition) is 2. The first kappa shape index (κ1) is 14.3. The molecule has 0 saturated carbocycles. The van der Waals surface area contributed by atoms with E-state index >= 15 is 0 Å². The van der Waals surface area contributed by atoms with Crippen molar-refractivity contribution >= 4 is 16.7 Å². The second kappa shape index (κ2) is 6.02. The van der Waals surface area contributed by atoms with Crippen LogP contribution in [-0.2, 0) is 4.74 Å². The van der Waals surface area contributed by atoms with E-state index in [4.69, 9.17) is 4.74 Å². The van der Waals surface area contributed by atoms with Crippen LogP contribution in [0.4, 0.5) is 0 Å². The lowest BCUT2D eigenvalue weighted by Crippen LogP contribution is -2.02. The number of rotatable bonds is 3. The van der Waals surface area contributed by atoms with Crippen molar-refractivity contribution in [1.29, 1.82) is 0 Å². The van der Waals surface area contributed by atoms with Crippen LogP contribution in [0.2, 0.25) is 0 Å². The van der Waals surface area contributed by atoms with Crippen molar-refractivity contribution in [2.45, 2.75) is 12.8 Å². The molecule has 2 nitrogen and oxygen atoms in total. The standard InChI is InChI=1S/C20H18O2/c1-14(15-7-10-17(11-8-15)20(21)22-2)18-12-9-16-5-3-4-6-19(16)13-18/h3-14H,1-2H3/t14-/m1/s1. The minimum atomic E-state index is -0.301. The molecule has 1 atom stereocenters. The van der Waals surface area contributed by atoms with Crippen molar-refractivity contribution in [1.82, 2.24) is 0 Å². The topological polar surface area (TPSA) is 26.3 Å². The van der Waals surface area contributed by atoms with Gasteiger partial charge in [0, 0.05) is 5.92 Å². The van der Waals surface area contributed by atoms with Crippen LogP contribution in [0.1, 0.15) is 34.3 Å². The Kier molecular flexibility index (Phi) is 3.92. The fourth-order valence-electron chi connectivity index (χ4n) is 2.70. The minimum absolute atomic E-state index is 0.274. The summed E-state index contributed by atoms with van der Waals surface area (Å²) >= 11 is 0. The summed E-state index contributed by atoms with van der Waals surface area (Å²) in [7, 11) is 1.40. The Morgan fingerprint density at radius 3 is 2.18 bits per heavy atom. The molecule has 2 heteroatoms. The van der Waals surface area contributed by atoms with E-state index in [9.17, 15) is 4.79 Å². The molecule has 0 aliphatic carbocycles. The molecule has 0 heterocycles. The maximum absolute atomic E-state index is 11.5. The summed E-state index contributed by atoms with van der Waals surface area (Å²) in [5.41, 5.74) is 3.03. The second-order valence-corrected chi connectivity index (χ2v) is 5.44. The van der Waals surface area contributed by atoms with Crippen LogP contribution in [-0.4, -0.2) is 13.1 Å². The zero-order chi connectivity index (χ0) is 15.5. The van der Waals surface area contributed by atoms with Gasteiger partial charge in [0.15, 0.2) is 0 Å². The average Bonchev–Trinajstić information content (AvgIpc) is 2.60. The number of fused-ring (bicyclic) bond motifs is 1. The number of hydrogen-bond donors (Lipinski definition) is 0. The number of carbonyl (C=O) groups is 1. The number of methoxy groups -OCH3 is 1. The van der Waals surface area contributed by atoms with E-state index in [0.29, 0.717) is 5.56 Å². The summed E-state index contributed by atoms with van der Waals surface area (Å²) in [6.45, 7) is 2.18. The van der Waals surface area contributed by atoms with Crippen molar-refractivity contribution < 1.29 is 9.53 Å². The Labute approximate surface area is 130 Å². The number of carbonyl (C=O) groups excluding carboxylic acids is 1. The molecule has 0 radical (unpaired) electrons. The molecule has 0 unspecified atom stereocenters. The highest BCUT2D eigenvalue weighted by Gasteiger charge is 2.11. The van der Waals surface area contributed by atoms with E-state index in [0.717, 1.165) is 0 Å². The molecule has 110 valence electrons. The molecule has 22 heavy (non-hydrogen) atoms. The van der Waals surface area contributed by atoms with Gasteiger partial charge in [0.05, 0.1) is 12.7 Å². The van der Waals surface area contributed by atoms with Gasteiger partial charge < -0.3 is 4.74 Å². The number of esters is 1. The van der Waals surface area contributed by atoms with Crippen molar-refractivity contribution in [2.75, 3.05) is 7.11 Å². The normalized spacial score (nSPS) is 12.1. The van der Waals surface area contributed by atoms with Gasteiger partial charge in [0.2, 0.25) is 0 Å². The molecule has 3 rings (SSSR count). The quantitative estimate of drug-likeness (QED) is 0.649. The zero-order valence-corrected chi connectivity index (χ0v) is 12.7. The molecular weight excluding hydrogens is 272 g/mol. The molecule has 0 aliphatic rings. The third-order valence-electron chi connectivity index (χ3n) is 4.11. The van der Waals surface area contributed by atoms with Crippen molar-refractivity contribution in [3.05, 3.63) is 83.4 Å². The largest absolute Gasteiger partial charge is 0.465 e. The van der Waals surface area contributed by atoms with Crippen LogP contribution < -0.4 is 0 Å². The number of benzene rings is 3. The van der Waals surface area contributed by atoms with Crippen molar-refractivity contribution in [3.8, 4) is 0 Å². The van der Waals surface area contributed by atoms with Gasteiger partial charge in [-0.3, -0.25) is 0 Å². The average molecular weight is 290 g/mol. The fraction of sp³-hybridized carbons (Fsp3) is 0.150. The van der Waals surface area contributed by atoms with Gasteiger partial charge >= 0.3 is 5.97 Å². The first-order chi connectivity index (χ1) is 10.7. The third-order valence-corrected chi connectivity index (χ3v) is 4.11. The van der Waals surface area contributed by atoms with Crippen LogP contribution in [0.3, 0.4) is 0 Å². The smallest absolute Gasteiger partial charge is 0.337 e. The van der Waals surface area contributed by atoms with Crippen molar-refractivity contribution in [3.63, 3.8) is 0 Å². The van der Waals surface area contributed by atoms with E-state index in [1.54, 1.807) is 0 Å². The Morgan fingerprint density at radius 2 is 1.50 bits per heavy atom. The predicted octanol–water partition coefficient (Wildman–Crippen LogP) is 4.78. The van der Waals surface area contributed by atoms with Gasteiger partial charge in [-0.15, -0.1) is 0 Å². The summed E-state index contributed by atoms with van der Waals surface area (Å²) in [6.07, 6.45) is 0. The summed E-state index contributed by atoms with van der Waals surface area (Å²) < 4.78 is 4.73. The van der Waals surface area contributed by atoms with Gasteiger partial charge in [0.25, 0.3) is 0 Å². The fourth-order valence-corrected chi connectivity index (χ4v) is 2.70. The molecule has 0 fully saturated rings. The monoisotopic (exact) mass is 290 g/mol. The Bertz CT molecular complexity index is 803. The van der Waals surface area contributed by atoms with E-state index in [1.165, 1.54) is 29.0 Å². The van der Waals surface area contributed by atoms with E-state index in [1.807, 2.05) is 24.3 Å². The molecule has 0 aliphatic heterocycles. The molecule has 0 spiro atoms. The molecule has 0 bridgehead atoms. The van der Waals surface area contributed by atoms with Gasteiger partial charge in [-0.2, -0.15) is 0 Å². The number of ether oxygens (including phenoxy) is 1. The molecule has 0 N–H and O–H groups in total. The highest BCUT2D eigenvalue weighted by Crippen LogP contribution is 2.27. The van der Waals surface area contributed by atoms with Gasteiger partial charge in [-0.1, -0.05) is 61.5 Å². The SMILES string of the molecule is COC(=O)c1ccc([C@@H](C)c2ccc3ccccc3c2)cc1. The Morgan fingerprint density at radius 1 is 0.864 bits per heavy atom. The Balaban J connectivity index is 1.91. The van der Waals surface area contributed by atoms with E-state index in [2.05, 4.69) is 49.4 Å². The van der Waals surface area contributed by atoms with Crippen LogP contribution in [0.15, 0.2) is 66.7 Å². The molecule has 0 saturated heterocycles. The Hall–Kier alpha value is -2.61. The highest BCUT2D eigenvalue weighted by molar-refractivity contribution is 5.89. The lowest BCUT2D eigenvalue weighted by Gasteiger charge is -2.14. The van der Waals surface area contributed by atoms with Gasteiger partial charge in [-0.25, -0.2) is 4.79 Å². The maximum atomic E-state index is 11.5. The van der Waals surface area contributed by atoms with Crippen molar-refractivity contribution in [2.24, 2.45) is 0 Å². The highest BCUT2D eigenvalue weighted by atomic mass is 16.5. The summed E-state index contributed by atoms with van der Waals surface area (Å²) in [6, 6.07) is 22.5. The summed E-state index contributed by atoms with van der Waals surface area (Å²) in [4.78, 5) is 11.5. The van der Waals surface area contributed by atoms with Gasteiger partial charge in [0.1, 0.15) is 0 Å². The summed E-state index contributed by atoms with van der Waals surface area (Å²) in [5, 5.41) is 2.50. The lowest BCUT2D eigenvalue weighted by molar-refractivity contribution is 0.0600. The van der Waals surface area contributed by atoms with Crippen LogP contribution >= 0.6 is 0 Å². The first-order valence-corrected chi connectivity index (χ1v) is 7.36. The minimum Gasteiger partial charge on any atom is -0.465 e. The predicted molar refractivity (Wildman–Crippen MR) is 89.2 cm³/mol. The van der Waals surface area contributed by atoms with Crippen LogP contribution in [0, 0.1) is 0 Å². The molecular formula is C20H18O2. The molecule has 0 amide bonds. The van der Waals surface area contributed by atoms with Gasteiger partial charge in [-0.05, 0) is 34.0 Å². The van der Waals surface area contributed by atoms with Crippen LogP contribution in [0.25, 0.3) is 10.8 Å². The van der Waals surface area contributed by atoms with E-state index < -0.39 is 0 Å². The second-order valence-electron chi connectivity index (χ2n) is 5.44. The zero-order valence-electron chi connectivity index (χ0n) is 12.7. The maximum Gasteiger partial charge on any atom is 0.337 e. The van der Waals surface area contributed by atoms with Crippen LogP contribution in [0.5, 0.6) is 0 Å².